The normalized spacial score (nSPS) is 19.6. The number of amidine groups is 1. The number of carbonyl (C=O) groups is 3. The Balaban J connectivity index is 1.55. The van der Waals surface area contributed by atoms with Crippen molar-refractivity contribution in [3.05, 3.63) is 58.0 Å². The summed E-state index contributed by atoms with van der Waals surface area (Å²) >= 11 is 1.36. The standard InChI is InChI=1S/C27H32FN3O6S/c1-4-36-25(33)18-8-10-30(11-9-18)22(32)15-21-16-38-27-29-17(2)23(26(34)37-13-12-35-3)24(31(21)27)19-6-5-7-20(28)14-19/h5-7,14,16,18,24H,4,8-13,15H2,1-3H3/t24-/m0/s1. The Bertz CT molecular complexity index is 1180. The Morgan fingerprint density at radius 3 is 2.61 bits per heavy atom. The van der Waals surface area contributed by atoms with Gasteiger partial charge < -0.3 is 24.0 Å². The Morgan fingerprint density at radius 1 is 1.16 bits per heavy atom. The summed E-state index contributed by atoms with van der Waals surface area (Å²) in [6, 6.07) is 5.34. The molecule has 9 nitrogen and oxygen atoms in total. The molecule has 1 aromatic rings. The van der Waals surface area contributed by atoms with Gasteiger partial charge in [0.2, 0.25) is 5.91 Å². The van der Waals surface area contributed by atoms with Gasteiger partial charge in [-0.25, -0.2) is 14.2 Å². The number of nitrogens with zero attached hydrogens (tertiary/aromatic N) is 3. The van der Waals surface area contributed by atoms with E-state index in [0.29, 0.717) is 54.7 Å². The van der Waals surface area contributed by atoms with Crippen LogP contribution in [0.3, 0.4) is 0 Å². The Labute approximate surface area is 225 Å². The molecule has 1 fully saturated rings. The zero-order chi connectivity index (χ0) is 27.2. The topological polar surface area (TPSA) is 97.7 Å². The zero-order valence-corrected chi connectivity index (χ0v) is 22.6. The van der Waals surface area contributed by atoms with Gasteiger partial charge in [-0.3, -0.25) is 9.59 Å². The van der Waals surface area contributed by atoms with E-state index in [1.54, 1.807) is 30.9 Å². The molecule has 204 valence electrons. The number of hydrogen-bond acceptors (Lipinski definition) is 9. The third kappa shape index (κ3) is 6.10. The van der Waals surface area contributed by atoms with Crippen LogP contribution < -0.4 is 0 Å². The van der Waals surface area contributed by atoms with Crippen LogP contribution in [0.25, 0.3) is 0 Å². The molecule has 11 heteroatoms. The summed E-state index contributed by atoms with van der Waals surface area (Å²) in [5.41, 5.74) is 1.97. The quantitative estimate of drug-likeness (QED) is 0.342. The second kappa shape index (κ2) is 12.6. The number of ether oxygens (including phenoxy) is 3. The van der Waals surface area contributed by atoms with E-state index in [9.17, 15) is 18.8 Å². The van der Waals surface area contributed by atoms with Gasteiger partial charge in [-0.05, 0) is 49.8 Å². The highest BCUT2D eigenvalue weighted by atomic mass is 32.2. The number of esters is 2. The largest absolute Gasteiger partial charge is 0.466 e. The van der Waals surface area contributed by atoms with Crippen molar-refractivity contribution in [2.45, 2.75) is 39.2 Å². The molecule has 3 heterocycles. The van der Waals surface area contributed by atoms with Gasteiger partial charge in [0.1, 0.15) is 12.4 Å². The lowest BCUT2D eigenvalue weighted by Gasteiger charge is -2.37. The van der Waals surface area contributed by atoms with Gasteiger partial charge >= 0.3 is 11.9 Å². The first-order chi connectivity index (χ1) is 18.3. The molecule has 0 saturated carbocycles. The molecule has 0 N–H and O–H groups in total. The molecule has 0 aromatic heterocycles. The lowest BCUT2D eigenvalue weighted by atomic mass is 9.93. The predicted octanol–water partition coefficient (Wildman–Crippen LogP) is 3.78. The molecular formula is C27H32FN3O6S. The Kier molecular flexibility index (Phi) is 9.22. The molecular weight excluding hydrogens is 513 g/mol. The molecule has 3 aliphatic heterocycles. The molecule has 0 radical (unpaired) electrons. The number of likely N-dealkylation sites (tertiary alicyclic amines) is 1. The first kappa shape index (κ1) is 27.8. The van der Waals surface area contributed by atoms with Crippen LogP contribution in [0, 0.1) is 11.7 Å². The fourth-order valence-corrected chi connectivity index (χ4v) is 5.77. The van der Waals surface area contributed by atoms with E-state index in [-0.39, 0.29) is 43.0 Å². The van der Waals surface area contributed by atoms with E-state index in [4.69, 9.17) is 14.2 Å². The average molecular weight is 546 g/mol. The molecule has 1 aromatic carbocycles. The third-order valence-corrected chi connectivity index (χ3v) is 7.59. The fourth-order valence-electron chi connectivity index (χ4n) is 4.81. The number of amides is 1. The first-order valence-corrected chi connectivity index (χ1v) is 13.5. The summed E-state index contributed by atoms with van der Waals surface area (Å²) in [5, 5.41) is 2.45. The van der Waals surface area contributed by atoms with Gasteiger partial charge in [0, 0.05) is 25.9 Å². The number of fused-ring (bicyclic) bond motifs is 1. The van der Waals surface area contributed by atoms with Gasteiger partial charge in [-0.1, -0.05) is 23.9 Å². The molecule has 0 spiro atoms. The maximum Gasteiger partial charge on any atom is 0.338 e. The van der Waals surface area contributed by atoms with Crippen LogP contribution in [-0.2, 0) is 28.6 Å². The Hall–Kier alpha value is -3.18. The van der Waals surface area contributed by atoms with Crippen LogP contribution in [0.4, 0.5) is 4.39 Å². The van der Waals surface area contributed by atoms with E-state index < -0.39 is 17.8 Å². The summed E-state index contributed by atoms with van der Waals surface area (Å²) in [6.07, 6.45) is 1.19. The molecule has 4 rings (SSSR count). The number of thioether (sulfide) groups is 1. The average Bonchev–Trinajstić information content (AvgIpc) is 3.29. The third-order valence-electron chi connectivity index (χ3n) is 6.71. The number of carbonyl (C=O) groups excluding carboxylic acids is 3. The number of aliphatic imine (C=N–C) groups is 1. The highest BCUT2D eigenvalue weighted by Gasteiger charge is 2.42. The van der Waals surface area contributed by atoms with Crippen molar-refractivity contribution < 1.29 is 33.0 Å². The van der Waals surface area contributed by atoms with Gasteiger partial charge in [-0.2, -0.15) is 0 Å². The maximum absolute atomic E-state index is 14.3. The minimum Gasteiger partial charge on any atom is -0.466 e. The highest BCUT2D eigenvalue weighted by Crippen LogP contribution is 2.45. The number of rotatable bonds is 9. The van der Waals surface area contributed by atoms with Crippen molar-refractivity contribution in [3.63, 3.8) is 0 Å². The lowest BCUT2D eigenvalue weighted by Crippen LogP contribution is -2.42. The van der Waals surface area contributed by atoms with E-state index in [1.807, 2.05) is 10.3 Å². The SMILES string of the molecule is CCOC(=O)C1CCN(C(=O)CC2=CSC3=NC(C)=C(C(=O)OCCOC)[C@H](c4cccc(F)c4)N23)CC1. The monoisotopic (exact) mass is 545 g/mol. The fraction of sp³-hybridized carbons (Fsp3) is 0.481. The highest BCUT2D eigenvalue weighted by molar-refractivity contribution is 8.16. The van der Waals surface area contributed by atoms with Crippen LogP contribution in [0.2, 0.25) is 0 Å². The van der Waals surface area contributed by atoms with Crippen LogP contribution in [0.1, 0.15) is 44.7 Å². The number of benzene rings is 1. The maximum atomic E-state index is 14.3. The summed E-state index contributed by atoms with van der Waals surface area (Å²) < 4.78 is 29.9. The summed E-state index contributed by atoms with van der Waals surface area (Å²) in [6.45, 7) is 5.08. The number of hydrogen-bond donors (Lipinski definition) is 0. The molecule has 0 aliphatic carbocycles. The van der Waals surface area contributed by atoms with Gasteiger partial charge in [0.05, 0.1) is 42.9 Å². The molecule has 1 amide bonds. The second-order valence-corrected chi connectivity index (χ2v) is 10.00. The number of halogens is 1. The zero-order valence-electron chi connectivity index (χ0n) is 21.8. The van der Waals surface area contributed by atoms with Crippen LogP contribution in [0.15, 0.2) is 51.6 Å². The smallest absolute Gasteiger partial charge is 0.338 e. The van der Waals surface area contributed by atoms with Gasteiger partial charge in [0.25, 0.3) is 0 Å². The summed E-state index contributed by atoms with van der Waals surface area (Å²) in [4.78, 5) is 46.7. The molecule has 0 bridgehead atoms. The van der Waals surface area contributed by atoms with Crippen LogP contribution >= 0.6 is 11.8 Å². The lowest BCUT2D eigenvalue weighted by molar-refractivity contribution is -0.151. The van der Waals surface area contributed by atoms with Crippen molar-refractivity contribution in [2.24, 2.45) is 10.9 Å². The van der Waals surface area contributed by atoms with E-state index >= 15 is 0 Å². The molecule has 38 heavy (non-hydrogen) atoms. The summed E-state index contributed by atoms with van der Waals surface area (Å²) in [7, 11) is 1.51. The number of allylic oxidation sites excluding steroid dienone is 1. The van der Waals surface area contributed by atoms with Crippen LogP contribution in [-0.4, -0.2) is 72.8 Å². The molecule has 1 saturated heterocycles. The van der Waals surface area contributed by atoms with Crippen molar-refractivity contribution in [3.8, 4) is 0 Å². The predicted molar refractivity (Wildman–Crippen MR) is 140 cm³/mol. The number of methoxy groups -OCH3 is 1. The molecule has 1 atom stereocenters. The van der Waals surface area contributed by atoms with E-state index in [2.05, 4.69) is 4.99 Å². The van der Waals surface area contributed by atoms with Gasteiger partial charge in [-0.15, -0.1) is 0 Å². The Morgan fingerprint density at radius 2 is 1.92 bits per heavy atom. The molecule has 0 unspecified atom stereocenters. The molecule has 3 aliphatic rings. The van der Waals surface area contributed by atoms with Crippen molar-refractivity contribution in [2.75, 3.05) is 40.0 Å². The number of piperidine rings is 1. The van der Waals surface area contributed by atoms with E-state index in [1.165, 1.54) is 31.0 Å². The minimum absolute atomic E-state index is 0.0657. The minimum atomic E-state index is -0.711. The van der Waals surface area contributed by atoms with Gasteiger partial charge in [0.15, 0.2) is 5.17 Å². The van der Waals surface area contributed by atoms with Crippen LogP contribution in [0.5, 0.6) is 0 Å². The van der Waals surface area contributed by atoms with E-state index in [0.717, 1.165) is 0 Å². The van der Waals surface area contributed by atoms with Crippen molar-refractivity contribution in [1.29, 1.82) is 0 Å². The van der Waals surface area contributed by atoms with Crippen molar-refractivity contribution >= 4 is 34.8 Å². The summed E-state index contributed by atoms with van der Waals surface area (Å²) in [5.74, 6) is -1.50. The van der Waals surface area contributed by atoms with Crippen molar-refractivity contribution in [1.82, 2.24) is 9.80 Å². The second-order valence-electron chi connectivity index (χ2n) is 9.16. The first-order valence-electron chi connectivity index (χ1n) is 12.6.